The Bertz CT molecular complexity index is 554. The molecule has 1 aliphatic rings. The van der Waals surface area contributed by atoms with Gasteiger partial charge in [0.25, 0.3) is 0 Å². The number of anilines is 2. The molecule has 1 aliphatic heterocycles. The molecule has 2 N–H and O–H groups in total. The van der Waals surface area contributed by atoms with Gasteiger partial charge in [-0.25, -0.2) is 4.79 Å². The van der Waals surface area contributed by atoms with Crippen LogP contribution in [0.1, 0.15) is 31.7 Å². The third-order valence-electron chi connectivity index (χ3n) is 3.98. The predicted molar refractivity (Wildman–Crippen MR) is 90.7 cm³/mol. The summed E-state index contributed by atoms with van der Waals surface area (Å²) in [6, 6.07) is 5.54. The largest absolute Gasteiger partial charge is 0.450 e. The molecule has 0 radical (unpaired) electrons. The molecule has 0 spiro atoms. The monoisotopic (exact) mass is 319 g/mol. The average Bonchev–Trinajstić information content (AvgIpc) is 2.56. The summed E-state index contributed by atoms with van der Waals surface area (Å²) in [5.74, 6) is 0.118. The van der Waals surface area contributed by atoms with E-state index in [1.165, 1.54) is 6.42 Å². The van der Waals surface area contributed by atoms with Gasteiger partial charge in [0.15, 0.2) is 0 Å². The number of piperidine rings is 1. The van der Waals surface area contributed by atoms with Gasteiger partial charge in [-0.3, -0.25) is 10.1 Å². The first-order chi connectivity index (χ1) is 11.1. The zero-order valence-corrected chi connectivity index (χ0v) is 13.9. The number of ether oxygens (including phenoxy) is 1. The van der Waals surface area contributed by atoms with Crippen LogP contribution in [-0.2, 0) is 9.53 Å². The summed E-state index contributed by atoms with van der Waals surface area (Å²) in [5, 5.41) is 5.88. The normalized spacial score (nSPS) is 14.3. The van der Waals surface area contributed by atoms with E-state index in [0.29, 0.717) is 12.3 Å². The molecule has 6 nitrogen and oxygen atoms in total. The second-order valence-electron chi connectivity index (χ2n) is 5.62. The number of rotatable bonds is 5. The number of nitrogens with one attached hydrogen (secondary N) is 2. The van der Waals surface area contributed by atoms with Crippen LogP contribution in [0.15, 0.2) is 18.2 Å². The second kappa shape index (κ2) is 8.41. The molecule has 1 saturated heterocycles. The fourth-order valence-electron chi connectivity index (χ4n) is 2.67. The van der Waals surface area contributed by atoms with Crippen molar-refractivity contribution < 1.29 is 14.3 Å². The molecule has 0 unspecified atom stereocenters. The van der Waals surface area contributed by atoms with Crippen molar-refractivity contribution in [3.63, 3.8) is 0 Å². The molecule has 0 saturated carbocycles. The van der Waals surface area contributed by atoms with Crippen molar-refractivity contribution in [1.82, 2.24) is 4.90 Å². The highest BCUT2D eigenvalue weighted by atomic mass is 16.5. The minimum absolute atomic E-state index is 0.118. The van der Waals surface area contributed by atoms with Gasteiger partial charge in [-0.05, 0) is 50.8 Å². The molecular formula is C17H25N3O3. The minimum Gasteiger partial charge on any atom is -0.450 e. The number of hydrogen-bond acceptors (Lipinski definition) is 4. The van der Waals surface area contributed by atoms with Crippen molar-refractivity contribution in [2.45, 2.75) is 33.1 Å². The summed E-state index contributed by atoms with van der Waals surface area (Å²) in [6.07, 6.45) is 2.91. The Hall–Kier alpha value is -2.24. The fraction of sp³-hybridized carbons (Fsp3) is 0.529. The molecule has 1 aromatic carbocycles. The van der Waals surface area contributed by atoms with Crippen LogP contribution in [0.2, 0.25) is 0 Å². The summed E-state index contributed by atoms with van der Waals surface area (Å²) in [6.45, 7) is 5.96. The summed E-state index contributed by atoms with van der Waals surface area (Å²) >= 11 is 0. The van der Waals surface area contributed by atoms with Crippen molar-refractivity contribution >= 4 is 23.4 Å². The Kier molecular flexibility index (Phi) is 6.26. The average molecular weight is 319 g/mol. The molecule has 2 rings (SSSR count). The third-order valence-corrected chi connectivity index (χ3v) is 3.98. The smallest absolute Gasteiger partial charge is 0.411 e. The van der Waals surface area contributed by atoms with Crippen LogP contribution in [-0.4, -0.2) is 43.1 Å². The molecule has 2 amide bonds. The van der Waals surface area contributed by atoms with Crippen LogP contribution < -0.4 is 10.6 Å². The lowest BCUT2D eigenvalue weighted by atomic mass is 10.1. The van der Waals surface area contributed by atoms with Gasteiger partial charge in [-0.2, -0.15) is 0 Å². The van der Waals surface area contributed by atoms with E-state index in [2.05, 4.69) is 10.6 Å². The standard InChI is InChI=1S/C17H25N3O3/c1-3-23-17(22)19-15-9-7-8-14(13(15)2)18-12-16(21)20-10-5-4-6-11-20/h7-9,18H,3-6,10-12H2,1-2H3,(H,19,22). The predicted octanol–water partition coefficient (Wildman–Crippen LogP) is 2.99. The molecule has 0 aromatic heterocycles. The zero-order chi connectivity index (χ0) is 16.7. The van der Waals surface area contributed by atoms with Crippen molar-refractivity contribution in [3.05, 3.63) is 23.8 Å². The highest BCUT2D eigenvalue weighted by Gasteiger charge is 2.16. The number of benzene rings is 1. The van der Waals surface area contributed by atoms with E-state index in [9.17, 15) is 9.59 Å². The number of likely N-dealkylation sites (tertiary alicyclic amines) is 1. The molecule has 1 heterocycles. The van der Waals surface area contributed by atoms with Crippen LogP contribution in [0.5, 0.6) is 0 Å². The van der Waals surface area contributed by atoms with E-state index in [0.717, 1.165) is 37.2 Å². The Morgan fingerprint density at radius 1 is 1.17 bits per heavy atom. The Morgan fingerprint density at radius 2 is 1.87 bits per heavy atom. The van der Waals surface area contributed by atoms with Gasteiger partial charge < -0.3 is 15.0 Å². The van der Waals surface area contributed by atoms with E-state index < -0.39 is 6.09 Å². The van der Waals surface area contributed by atoms with Crippen LogP contribution >= 0.6 is 0 Å². The number of nitrogens with zero attached hydrogens (tertiary/aromatic N) is 1. The molecular weight excluding hydrogens is 294 g/mol. The van der Waals surface area contributed by atoms with Crippen LogP contribution in [0.3, 0.4) is 0 Å². The van der Waals surface area contributed by atoms with E-state index in [1.54, 1.807) is 6.92 Å². The SMILES string of the molecule is CCOC(=O)Nc1cccc(NCC(=O)N2CCCCC2)c1C. The maximum atomic E-state index is 12.2. The maximum absolute atomic E-state index is 12.2. The number of carbonyl (C=O) groups is 2. The van der Waals surface area contributed by atoms with E-state index in [4.69, 9.17) is 4.74 Å². The minimum atomic E-state index is -0.475. The van der Waals surface area contributed by atoms with Crippen molar-refractivity contribution in [3.8, 4) is 0 Å². The van der Waals surface area contributed by atoms with E-state index in [1.807, 2.05) is 30.0 Å². The van der Waals surface area contributed by atoms with Gasteiger partial charge in [0.2, 0.25) is 5.91 Å². The van der Waals surface area contributed by atoms with E-state index >= 15 is 0 Å². The molecule has 0 bridgehead atoms. The Labute approximate surface area is 137 Å². The maximum Gasteiger partial charge on any atom is 0.411 e. The van der Waals surface area contributed by atoms with Crippen molar-refractivity contribution in [1.29, 1.82) is 0 Å². The van der Waals surface area contributed by atoms with Gasteiger partial charge in [-0.15, -0.1) is 0 Å². The Balaban J connectivity index is 1.94. The van der Waals surface area contributed by atoms with Gasteiger partial charge in [0.1, 0.15) is 0 Å². The van der Waals surface area contributed by atoms with Crippen LogP contribution in [0.25, 0.3) is 0 Å². The summed E-state index contributed by atoms with van der Waals surface area (Å²) in [7, 11) is 0. The van der Waals surface area contributed by atoms with Crippen LogP contribution in [0.4, 0.5) is 16.2 Å². The first-order valence-electron chi connectivity index (χ1n) is 8.17. The van der Waals surface area contributed by atoms with Gasteiger partial charge in [0.05, 0.1) is 13.2 Å². The second-order valence-corrected chi connectivity index (χ2v) is 5.62. The van der Waals surface area contributed by atoms with Gasteiger partial charge in [-0.1, -0.05) is 6.07 Å². The molecule has 1 aromatic rings. The van der Waals surface area contributed by atoms with Gasteiger partial charge in [0, 0.05) is 24.5 Å². The summed E-state index contributed by atoms with van der Waals surface area (Å²) in [5.41, 5.74) is 2.40. The van der Waals surface area contributed by atoms with Crippen molar-refractivity contribution in [2.24, 2.45) is 0 Å². The first kappa shape index (κ1) is 17.1. The number of hydrogen-bond donors (Lipinski definition) is 2. The summed E-state index contributed by atoms with van der Waals surface area (Å²) < 4.78 is 4.89. The zero-order valence-electron chi connectivity index (χ0n) is 13.9. The molecule has 0 aliphatic carbocycles. The number of carbonyl (C=O) groups excluding carboxylic acids is 2. The lowest BCUT2D eigenvalue weighted by Crippen LogP contribution is -2.39. The quantitative estimate of drug-likeness (QED) is 0.875. The molecule has 126 valence electrons. The number of amides is 2. The highest BCUT2D eigenvalue weighted by Crippen LogP contribution is 2.23. The Morgan fingerprint density at radius 3 is 2.57 bits per heavy atom. The van der Waals surface area contributed by atoms with Crippen LogP contribution in [0, 0.1) is 6.92 Å². The summed E-state index contributed by atoms with van der Waals surface area (Å²) in [4.78, 5) is 25.6. The molecule has 1 fully saturated rings. The van der Waals surface area contributed by atoms with Crippen molar-refractivity contribution in [2.75, 3.05) is 36.9 Å². The van der Waals surface area contributed by atoms with Gasteiger partial charge >= 0.3 is 6.09 Å². The van der Waals surface area contributed by atoms with E-state index in [-0.39, 0.29) is 12.5 Å². The topological polar surface area (TPSA) is 70.7 Å². The fourth-order valence-corrected chi connectivity index (χ4v) is 2.67. The lowest BCUT2D eigenvalue weighted by molar-refractivity contribution is -0.130. The highest BCUT2D eigenvalue weighted by molar-refractivity contribution is 5.87. The molecule has 23 heavy (non-hydrogen) atoms. The molecule has 0 atom stereocenters. The lowest BCUT2D eigenvalue weighted by Gasteiger charge is -2.27. The molecule has 6 heteroatoms. The third kappa shape index (κ3) is 4.87. The first-order valence-corrected chi connectivity index (χ1v) is 8.17.